The molecule has 2 aromatic heterocycles. The number of hydrogen-bond donors (Lipinski definition) is 2. The average Bonchev–Trinajstić information content (AvgIpc) is 3.16. The number of hydrogen-bond acceptors (Lipinski definition) is 6. The summed E-state index contributed by atoms with van der Waals surface area (Å²) in [6.45, 7) is 1.52. The Balaban J connectivity index is 1.57. The normalized spacial score (nSPS) is 13.7. The number of anilines is 2. The van der Waals surface area contributed by atoms with Gasteiger partial charge in [0.15, 0.2) is 5.65 Å². The highest BCUT2D eigenvalue weighted by Crippen LogP contribution is 2.37. The van der Waals surface area contributed by atoms with Gasteiger partial charge in [-0.1, -0.05) is 18.2 Å². The summed E-state index contributed by atoms with van der Waals surface area (Å²) in [5.74, 6) is 0.874. The Morgan fingerprint density at radius 3 is 2.87 bits per heavy atom. The summed E-state index contributed by atoms with van der Waals surface area (Å²) < 4.78 is 31.4. The predicted octanol–water partition coefficient (Wildman–Crippen LogP) is 3.49. The van der Waals surface area contributed by atoms with Gasteiger partial charge >= 0.3 is 0 Å². The molecule has 0 amide bonds. The lowest BCUT2D eigenvalue weighted by Crippen LogP contribution is -2.28. The van der Waals surface area contributed by atoms with Gasteiger partial charge in [-0.15, -0.1) is 0 Å². The lowest BCUT2D eigenvalue weighted by Gasteiger charge is -2.28. The first kappa shape index (κ1) is 19.4. The number of nitrogens with zero attached hydrogens (tertiary/aromatic N) is 3. The molecule has 0 saturated heterocycles. The van der Waals surface area contributed by atoms with E-state index in [0.717, 1.165) is 46.4 Å². The fourth-order valence-electron chi connectivity index (χ4n) is 3.72. The highest BCUT2D eigenvalue weighted by molar-refractivity contribution is 7.92. The molecule has 0 bridgehead atoms. The molecule has 0 unspecified atom stereocenters. The van der Waals surface area contributed by atoms with Gasteiger partial charge in [0, 0.05) is 30.1 Å². The molecule has 31 heavy (non-hydrogen) atoms. The van der Waals surface area contributed by atoms with Crippen molar-refractivity contribution in [3.63, 3.8) is 0 Å². The zero-order valence-corrected chi connectivity index (χ0v) is 17.9. The third-order valence-electron chi connectivity index (χ3n) is 5.21. The van der Waals surface area contributed by atoms with Gasteiger partial charge in [-0.25, -0.2) is 18.4 Å². The number of aromatic nitrogens is 3. The predicted molar refractivity (Wildman–Crippen MR) is 122 cm³/mol. The third-order valence-corrected chi connectivity index (χ3v) is 5.81. The number of aromatic amines is 1. The van der Waals surface area contributed by atoms with Gasteiger partial charge in [0.2, 0.25) is 10.0 Å². The van der Waals surface area contributed by atoms with Crippen LogP contribution in [0.1, 0.15) is 0 Å². The quantitative estimate of drug-likeness (QED) is 0.509. The first-order chi connectivity index (χ1) is 14.9. The monoisotopic (exact) mass is 435 g/mol. The second-order valence-corrected chi connectivity index (χ2v) is 9.31. The molecule has 2 aromatic carbocycles. The molecule has 2 N–H and O–H groups in total. The average molecular weight is 436 g/mol. The highest BCUT2D eigenvalue weighted by Gasteiger charge is 2.18. The molecule has 0 saturated carbocycles. The number of fused-ring (bicyclic) bond motifs is 2. The Morgan fingerprint density at radius 2 is 2.03 bits per heavy atom. The largest absolute Gasteiger partial charge is 0.490 e. The molecule has 0 aliphatic carbocycles. The van der Waals surface area contributed by atoms with Crippen molar-refractivity contribution < 1.29 is 13.2 Å². The number of sulfonamides is 1. The van der Waals surface area contributed by atoms with E-state index in [9.17, 15) is 8.42 Å². The summed E-state index contributed by atoms with van der Waals surface area (Å²) in [4.78, 5) is 14.7. The molecule has 1 aliphatic heterocycles. The first-order valence-electron chi connectivity index (χ1n) is 9.78. The molecule has 9 heteroatoms. The number of likely N-dealkylation sites (N-methyl/N-ethyl adjacent to an activating group) is 1. The molecule has 0 fully saturated rings. The molecule has 1 aliphatic rings. The molecule has 5 rings (SSSR count). The Labute approximate surface area is 180 Å². The zero-order valence-electron chi connectivity index (χ0n) is 17.1. The van der Waals surface area contributed by atoms with Gasteiger partial charge in [-0.05, 0) is 29.8 Å². The SMILES string of the molecule is CN1CCOc2ccc(-c3c[nH]c4ncc(-c5cccc(NS(C)(=O)=O)c5)nc34)cc21. The van der Waals surface area contributed by atoms with Gasteiger partial charge in [0.05, 0.1) is 30.4 Å². The van der Waals surface area contributed by atoms with Crippen molar-refractivity contribution >= 4 is 32.6 Å². The Hall–Kier alpha value is -3.59. The maximum Gasteiger partial charge on any atom is 0.229 e. The van der Waals surface area contributed by atoms with Crippen LogP contribution in [0.25, 0.3) is 33.5 Å². The van der Waals surface area contributed by atoms with Gasteiger partial charge < -0.3 is 14.6 Å². The third kappa shape index (κ3) is 3.79. The van der Waals surface area contributed by atoms with E-state index in [0.29, 0.717) is 23.6 Å². The van der Waals surface area contributed by atoms with Gasteiger partial charge in [0.1, 0.15) is 17.9 Å². The molecule has 3 heterocycles. The number of H-pyrrole nitrogens is 1. The topological polar surface area (TPSA) is 100 Å². The minimum Gasteiger partial charge on any atom is -0.490 e. The molecule has 158 valence electrons. The molecule has 4 aromatic rings. The van der Waals surface area contributed by atoms with E-state index >= 15 is 0 Å². The van der Waals surface area contributed by atoms with Gasteiger partial charge in [-0.2, -0.15) is 0 Å². The van der Waals surface area contributed by atoms with E-state index in [1.165, 1.54) is 0 Å². The minimum atomic E-state index is -3.36. The second kappa shape index (κ2) is 7.28. The zero-order chi connectivity index (χ0) is 21.6. The molecular formula is C22H21N5O3S. The Morgan fingerprint density at radius 1 is 1.16 bits per heavy atom. The Bertz CT molecular complexity index is 1400. The van der Waals surface area contributed by atoms with E-state index in [-0.39, 0.29) is 0 Å². The molecular weight excluding hydrogens is 414 g/mol. The van der Waals surface area contributed by atoms with Crippen LogP contribution in [-0.4, -0.2) is 49.8 Å². The van der Waals surface area contributed by atoms with Gasteiger partial charge in [0.25, 0.3) is 0 Å². The van der Waals surface area contributed by atoms with Crippen LogP contribution in [0, 0.1) is 0 Å². The summed E-state index contributed by atoms with van der Waals surface area (Å²) in [5, 5.41) is 0. The number of benzene rings is 2. The van der Waals surface area contributed by atoms with Crippen molar-refractivity contribution in [3.8, 4) is 28.1 Å². The molecule has 8 nitrogen and oxygen atoms in total. The highest BCUT2D eigenvalue weighted by atomic mass is 32.2. The van der Waals surface area contributed by atoms with Crippen molar-refractivity contribution in [2.75, 3.05) is 36.1 Å². The van der Waals surface area contributed by atoms with E-state index in [1.807, 2.05) is 24.4 Å². The van der Waals surface area contributed by atoms with Crippen molar-refractivity contribution in [1.82, 2.24) is 15.0 Å². The van der Waals surface area contributed by atoms with Crippen LogP contribution < -0.4 is 14.4 Å². The molecule has 0 atom stereocenters. The maximum atomic E-state index is 11.6. The fourth-order valence-corrected chi connectivity index (χ4v) is 4.28. The Kier molecular flexibility index (Phi) is 4.55. The lowest BCUT2D eigenvalue weighted by molar-refractivity contribution is 0.311. The van der Waals surface area contributed by atoms with E-state index < -0.39 is 10.0 Å². The maximum absolute atomic E-state index is 11.6. The van der Waals surface area contributed by atoms with Crippen LogP contribution >= 0.6 is 0 Å². The summed E-state index contributed by atoms with van der Waals surface area (Å²) >= 11 is 0. The number of ether oxygens (including phenoxy) is 1. The number of nitrogens with one attached hydrogen (secondary N) is 2. The second-order valence-electron chi connectivity index (χ2n) is 7.56. The van der Waals surface area contributed by atoms with Crippen LogP contribution in [0.3, 0.4) is 0 Å². The van der Waals surface area contributed by atoms with Crippen LogP contribution in [0.2, 0.25) is 0 Å². The molecule has 0 spiro atoms. The smallest absolute Gasteiger partial charge is 0.229 e. The van der Waals surface area contributed by atoms with Crippen molar-refractivity contribution in [2.24, 2.45) is 0 Å². The van der Waals surface area contributed by atoms with Crippen LogP contribution in [0.4, 0.5) is 11.4 Å². The van der Waals surface area contributed by atoms with Crippen LogP contribution in [0.5, 0.6) is 5.75 Å². The minimum absolute atomic E-state index is 0.480. The van der Waals surface area contributed by atoms with E-state index in [2.05, 4.69) is 32.7 Å². The first-order valence-corrected chi connectivity index (χ1v) is 11.7. The van der Waals surface area contributed by atoms with Crippen molar-refractivity contribution in [1.29, 1.82) is 0 Å². The van der Waals surface area contributed by atoms with Crippen LogP contribution in [-0.2, 0) is 10.0 Å². The van der Waals surface area contributed by atoms with E-state index in [1.54, 1.807) is 24.4 Å². The summed E-state index contributed by atoms with van der Waals surface area (Å²) in [7, 11) is -1.31. The standard InChI is InChI=1S/C22H21N5O3S/c1-27-8-9-30-20-7-6-14(11-19(20)27)17-12-23-22-21(17)25-18(13-24-22)15-4-3-5-16(10-15)26-31(2,28)29/h3-7,10-13,26H,8-9H2,1-2H3,(H,23,24). The number of rotatable bonds is 4. The lowest BCUT2D eigenvalue weighted by atomic mass is 10.1. The van der Waals surface area contributed by atoms with Crippen LogP contribution in [0.15, 0.2) is 54.9 Å². The summed E-state index contributed by atoms with van der Waals surface area (Å²) in [5.41, 5.74) is 6.34. The molecule has 0 radical (unpaired) electrons. The summed E-state index contributed by atoms with van der Waals surface area (Å²) in [6.07, 6.45) is 4.71. The summed E-state index contributed by atoms with van der Waals surface area (Å²) in [6, 6.07) is 13.2. The van der Waals surface area contributed by atoms with Gasteiger partial charge in [-0.3, -0.25) is 4.72 Å². The van der Waals surface area contributed by atoms with E-state index in [4.69, 9.17) is 9.72 Å². The fraction of sp³-hybridized carbons (Fsp3) is 0.182. The van der Waals surface area contributed by atoms with Crippen molar-refractivity contribution in [2.45, 2.75) is 0 Å². The van der Waals surface area contributed by atoms with Crippen molar-refractivity contribution in [3.05, 3.63) is 54.9 Å².